The van der Waals surface area contributed by atoms with Gasteiger partial charge >= 0.3 is 0 Å². The zero-order chi connectivity index (χ0) is 14.9. The Labute approximate surface area is 143 Å². The normalized spacial score (nSPS) is 18.7. The van der Waals surface area contributed by atoms with E-state index in [9.17, 15) is 0 Å². The SMILES string of the molecule is CCc1ccc(C2NCCc3cc4c(cc32)OCCO4)cc1.Cl. The second-order valence-corrected chi connectivity index (χ2v) is 5.93. The fourth-order valence-electron chi connectivity index (χ4n) is 3.34. The van der Waals surface area contributed by atoms with Gasteiger partial charge in [-0.25, -0.2) is 0 Å². The van der Waals surface area contributed by atoms with Crippen molar-refractivity contribution in [3.63, 3.8) is 0 Å². The van der Waals surface area contributed by atoms with Crippen LogP contribution >= 0.6 is 12.4 Å². The van der Waals surface area contributed by atoms with Crippen molar-refractivity contribution in [1.82, 2.24) is 5.32 Å². The molecule has 0 aliphatic carbocycles. The van der Waals surface area contributed by atoms with Gasteiger partial charge in [0.15, 0.2) is 11.5 Å². The molecule has 1 atom stereocenters. The van der Waals surface area contributed by atoms with E-state index in [1.54, 1.807) is 0 Å². The molecule has 23 heavy (non-hydrogen) atoms. The fraction of sp³-hybridized carbons (Fsp3) is 0.368. The van der Waals surface area contributed by atoms with Gasteiger partial charge in [-0.3, -0.25) is 0 Å². The van der Waals surface area contributed by atoms with E-state index in [4.69, 9.17) is 9.47 Å². The van der Waals surface area contributed by atoms with E-state index < -0.39 is 0 Å². The Hall–Kier alpha value is -1.71. The molecular formula is C19H22ClNO2. The van der Waals surface area contributed by atoms with Gasteiger partial charge in [0.25, 0.3) is 0 Å². The van der Waals surface area contributed by atoms with Crippen LogP contribution in [0.25, 0.3) is 0 Å². The Morgan fingerprint density at radius 2 is 1.74 bits per heavy atom. The van der Waals surface area contributed by atoms with Crippen LogP contribution in [0.15, 0.2) is 36.4 Å². The number of aryl methyl sites for hydroxylation is 1. The van der Waals surface area contributed by atoms with Gasteiger partial charge in [-0.2, -0.15) is 0 Å². The van der Waals surface area contributed by atoms with Crippen LogP contribution in [0.3, 0.4) is 0 Å². The number of halogens is 1. The predicted octanol–water partition coefficient (Wildman–Crippen LogP) is 3.68. The van der Waals surface area contributed by atoms with E-state index in [1.807, 2.05) is 0 Å². The van der Waals surface area contributed by atoms with E-state index >= 15 is 0 Å². The molecule has 0 bridgehead atoms. The third kappa shape index (κ3) is 3.04. The largest absolute Gasteiger partial charge is 0.486 e. The van der Waals surface area contributed by atoms with Crippen LogP contribution in [0.1, 0.15) is 35.2 Å². The third-order valence-electron chi connectivity index (χ3n) is 4.58. The Balaban J connectivity index is 0.00000156. The molecule has 0 spiro atoms. The van der Waals surface area contributed by atoms with Crippen LogP contribution in [0.2, 0.25) is 0 Å². The Bertz CT molecular complexity index is 685. The van der Waals surface area contributed by atoms with Gasteiger partial charge in [0.2, 0.25) is 0 Å². The lowest BCUT2D eigenvalue weighted by atomic mass is 9.89. The fourth-order valence-corrected chi connectivity index (χ4v) is 3.34. The molecule has 4 rings (SSSR count). The summed E-state index contributed by atoms with van der Waals surface area (Å²) in [6.45, 7) is 4.46. The number of fused-ring (bicyclic) bond motifs is 2. The summed E-state index contributed by atoms with van der Waals surface area (Å²) in [7, 11) is 0. The van der Waals surface area contributed by atoms with E-state index in [-0.39, 0.29) is 18.4 Å². The lowest BCUT2D eigenvalue weighted by molar-refractivity contribution is 0.171. The maximum Gasteiger partial charge on any atom is 0.161 e. The van der Waals surface area contributed by atoms with Crippen LogP contribution in [0.4, 0.5) is 0 Å². The van der Waals surface area contributed by atoms with Crippen molar-refractivity contribution < 1.29 is 9.47 Å². The van der Waals surface area contributed by atoms with Crippen LogP contribution in [-0.2, 0) is 12.8 Å². The van der Waals surface area contributed by atoms with Crippen molar-refractivity contribution in [2.45, 2.75) is 25.8 Å². The van der Waals surface area contributed by atoms with Crippen LogP contribution in [-0.4, -0.2) is 19.8 Å². The summed E-state index contributed by atoms with van der Waals surface area (Å²) < 4.78 is 11.5. The van der Waals surface area contributed by atoms with Gasteiger partial charge in [-0.1, -0.05) is 31.2 Å². The minimum Gasteiger partial charge on any atom is -0.486 e. The van der Waals surface area contributed by atoms with E-state index in [2.05, 4.69) is 48.6 Å². The van der Waals surface area contributed by atoms with Gasteiger partial charge in [0.05, 0.1) is 6.04 Å². The number of hydrogen-bond donors (Lipinski definition) is 1. The Morgan fingerprint density at radius 1 is 1.04 bits per heavy atom. The first-order valence-corrected chi connectivity index (χ1v) is 8.10. The first kappa shape index (κ1) is 16.2. The molecule has 2 aliphatic rings. The van der Waals surface area contributed by atoms with Gasteiger partial charge in [-0.15, -0.1) is 12.4 Å². The van der Waals surface area contributed by atoms with Crippen molar-refractivity contribution >= 4 is 12.4 Å². The molecule has 0 fully saturated rings. The molecule has 1 unspecified atom stereocenters. The molecule has 2 aliphatic heterocycles. The van der Waals surface area contributed by atoms with Crippen molar-refractivity contribution in [2.75, 3.05) is 19.8 Å². The standard InChI is InChI=1S/C19H21NO2.ClH/c1-2-13-3-5-14(6-4-13)19-16-12-18-17(21-9-10-22-18)11-15(16)7-8-20-19;/h3-6,11-12,19-20H,2,7-10H2,1H3;1H. The maximum absolute atomic E-state index is 5.76. The minimum absolute atomic E-state index is 0. The molecule has 0 aromatic heterocycles. The number of ether oxygens (including phenoxy) is 2. The number of hydrogen-bond acceptors (Lipinski definition) is 3. The molecule has 0 saturated heterocycles. The van der Waals surface area contributed by atoms with Gasteiger partial charge in [-0.05, 0) is 47.2 Å². The Morgan fingerprint density at radius 3 is 2.43 bits per heavy atom. The average molecular weight is 332 g/mol. The van der Waals surface area contributed by atoms with Crippen molar-refractivity contribution in [2.24, 2.45) is 0 Å². The summed E-state index contributed by atoms with van der Waals surface area (Å²) >= 11 is 0. The highest BCUT2D eigenvalue weighted by Crippen LogP contribution is 2.38. The average Bonchev–Trinajstić information content (AvgIpc) is 2.59. The monoisotopic (exact) mass is 331 g/mol. The molecule has 4 heteroatoms. The smallest absolute Gasteiger partial charge is 0.161 e. The van der Waals surface area contributed by atoms with Gasteiger partial charge < -0.3 is 14.8 Å². The quantitative estimate of drug-likeness (QED) is 0.910. The molecule has 0 amide bonds. The molecule has 2 heterocycles. The summed E-state index contributed by atoms with van der Waals surface area (Å²) in [6.07, 6.45) is 2.11. The summed E-state index contributed by atoms with van der Waals surface area (Å²) in [5.74, 6) is 1.77. The van der Waals surface area contributed by atoms with Gasteiger partial charge in [0.1, 0.15) is 13.2 Å². The second kappa shape index (κ2) is 6.81. The molecular weight excluding hydrogens is 310 g/mol. The third-order valence-corrected chi connectivity index (χ3v) is 4.58. The molecule has 3 nitrogen and oxygen atoms in total. The Kier molecular flexibility index (Phi) is 4.79. The van der Waals surface area contributed by atoms with E-state index in [1.165, 1.54) is 22.3 Å². The van der Waals surface area contributed by atoms with Gasteiger partial charge in [0, 0.05) is 6.54 Å². The first-order valence-electron chi connectivity index (χ1n) is 8.10. The zero-order valence-corrected chi connectivity index (χ0v) is 14.1. The summed E-state index contributed by atoms with van der Waals surface area (Å²) in [5, 5.41) is 3.64. The maximum atomic E-state index is 5.76. The predicted molar refractivity (Wildman–Crippen MR) is 94.0 cm³/mol. The molecule has 2 aromatic carbocycles. The molecule has 0 radical (unpaired) electrons. The van der Waals surface area contributed by atoms with E-state index in [0.29, 0.717) is 13.2 Å². The summed E-state index contributed by atoms with van der Waals surface area (Å²) in [5.41, 5.74) is 5.38. The van der Waals surface area contributed by atoms with Crippen LogP contribution in [0, 0.1) is 0 Å². The molecule has 0 saturated carbocycles. The van der Waals surface area contributed by atoms with E-state index in [0.717, 1.165) is 30.9 Å². The second-order valence-electron chi connectivity index (χ2n) is 5.93. The topological polar surface area (TPSA) is 30.5 Å². The highest BCUT2D eigenvalue weighted by atomic mass is 35.5. The highest BCUT2D eigenvalue weighted by Gasteiger charge is 2.25. The van der Waals surface area contributed by atoms with Crippen molar-refractivity contribution in [3.8, 4) is 11.5 Å². The lowest BCUT2D eigenvalue weighted by Crippen LogP contribution is -2.31. The zero-order valence-electron chi connectivity index (χ0n) is 13.3. The molecule has 1 N–H and O–H groups in total. The van der Waals surface area contributed by atoms with Crippen LogP contribution in [0.5, 0.6) is 11.5 Å². The summed E-state index contributed by atoms with van der Waals surface area (Å²) in [6, 6.07) is 13.5. The van der Waals surface area contributed by atoms with Crippen LogP contribution < -0.4 is 14.8 Å². The van der Waals surface area contributed by atoms with Crippen molar-refractivity contribution in [1.29, 1.82) is 0 Å². The highest BCUT2D eigenvalue weighted by molar-refractivity contribution is 5.85. The lowest BCUT2D eigenvalue weighted by Gasteiger charge is -2.30. The molecule has 2 aromatic rings. The minimum atomic E-state index is 0. The first-order chi connectivity index (χ1) is 10.8. The number of rotatable bonds is 2. The molecule has 122 valence electrons. The number of benzene rings is 2. The van der Waals surface area contributed by atoms with Crippen molar-refractivity contribution in [3.05, 3.63) is 58.7 Å². The number of nitrogens with one attached hydrogen (secondary N) is 1. The summed E-state index contributed by atoms with van der Waals surface area (Å²) in [4.78, 5) is 0.